The van der Waals surface area contributed by atoms with Crippen LogP contribution >= 0.6 is 0 Å². The maximum Gasteiger partial charge on any atom is 0.289 e. The molecule has 2 aromatic rings. The van der Waals surface area contributed by atoms with Crippen LogP contribution in [0.1, 0.15) is 22.5 Å². The van der Waals surface area contributed by atoms with Crippen LogP contribution in [0.15, 0.2) is 22.6 Å². The Kier molecular flexibility index (Phi) is 3.37. The van der Waals surface area contributed by atoms with E-state index in [0.717, 1.165) is 0 Å². The van der Waals surface area contributed by atoms with Gasteiger partial charge < -0.3 is 14.6 Å². The molecular weight excluding hydrogens is 275 g/mol. The number of amides is 2. The minimum atomic E-state index is -0.366. The van der Waals surface area contributed by atoms with Gasteiger partial charge in [0.05, 0.1) is 0 Å². The van der Waals surface area contributed by atoms with Crippen molar-refractivity contribution in [1.29, 1.82) is 0 Å². The highest BCUT2D eigenvalue weighted by Crippen LogP contribution is 2.27. The van der Waals surface area contributed by atoms with Crippen LogP contribution in [0.25, 0.3) is 11.0 Å². The fourth-order valence-electron chi connectivity index (χ4n) is 2.51. The molecule has 1 aliphatic heterocycles. The molecule has 0 saturated carbocycles. The number of hydrogen-bond donors (Lipinski definition) is 1. The van der Waals surface area contributed by atoms with E-state index in [1.807, 2.05) is 0 Å². The van der Waals surface area contributed by atoms with Crippen molar-refractivity contribution in [3.8, 4) is 0 Å². The van der Waals surface area contributed by atoms with Crippen molar-refractivity contribution in [1.82, 2.24) is 10.2 Å². The number of furan rings is 1. The van der Waals surface area contributed by atoms with E-state index in [1.54, 1.807) is 11.8 Å². The molecular formula is C15H15FN2O3. The lowest BCUT2D eigenvalue weighted by molar-refractivity contribution is -0.120. The summed E-state index contributed by atoms with van der Waals surface area (Å²) in [6.07, 6.45) is 0.277. The number of fused-ring (bicyclic) bond motifs is 1. The zero-order valence-electron chi connectivity index (χ0n) is 11.6. The van der Waals surface area contributed by atoms with Gasteiger partial charge in [-0.1, -0.05) is 0 Å². The van der Waals surface area contributed by atoms with Gasteiger partial charge >= 0.3 is 0 Å². The van der Waals surface area contributed by atoms with Gasteiger partial charge in [-0.15, -0.1) is 0 Å². The number of halogens is 1. The third kappa shape index (κ3) is 2.49. The number of carbonyl (C=O) groups excluding carboxylic acids is 2. The molecule has 0 unspecified atom stereocenters. The number of carbonyl (C=O) groups is 2. The third-order valence-corrected chi connectivity index (χ3v) is 3.69. The fraction of sp³-hybridized carbons (Fsp3) is 0.333. The van der Waals surface area contributed by atoms with Crippen molar-refractivity contribution < 1.29 is 18.4 Å². The minimum Gasteiger partial charge on any atom is -0.451 e. The summed E-state index contributed by atoms with van der Waals surface area (Å²) >= 11 is 0. The highest BCUT2D eigenvalue weighted by molar-refractivity contribution is 5.99. The van der Waals surface area contributed by atoms with Crippen LogP contribution in [-0.4, -0.2) is 36.3 Å². The van der Waals surface area contributed by atoms with Crippen molar-refractivity contribution in [3.05, 3.63) is 35.3 Å². The van der Waals surface area contributed by atoms with Gasteiger partial charge in [-0.05, 0) is 25.1 Å². The first kappa shape index (κ1) is 13.6. The Morgan fingerprint density at radius 3 is 3.00 bits per heavy atom. The summed E-state index contributed by atoms with van der Waals surface area (Å²) in [4.78, 5) is 25.4. The Labute approximate surface area is 120 Å². The second-order valence-electron chi connectivity index (χ2n) is 5.09. The normalized spacial score (nSPS) is 15.9. The standard InChI is InChI=1S/C15H15FN2O3/c1-9-11-8-10(16)2-3-12(11)21-14(9)15(20)18-6-4-13(19)17-5-7-18/h2-3,8H,4-7H2,1H3,(H,17,19). The van der Waals surface area contributed by atoms with E-state index in [2.05, 4.69) is 5.32 Å². The second-order valence-corrected chi connectivity index (χ2v) is 5.09. The van der Waals surface area contributed by atoms with E-state index < -0.39 is 0 Å². The van der Waals surface area contributed by atoms with E-state index in [0.29, 0.717) is 36.2 Å². The molecule has 5 nitrogen and oxygen atoms in total. The molecule has 2 heterocycles. The van der Waals surface area contributed by atoms with Gasteiger partial charge in [-0.25, -0.2) is 4.39 Å². The van der Waals surface area contributed by atoms with Crippen molar-refractivity contribution in [2.24, 2.45) is 0 Å². The number of rotatable bonds is 1. The Hall–Kier alpha value is -2.37. The third-order valence-electron chi connectivity index (χ3n) is 3.69. The van der Waals surface area contributed by atoms with E-state index in [4.69, 9.17) is 4.42 Å². The Bertz CT molecular complexity index is 723. The predicted molar refractivity (Wildman–Crippen MR) is 74.4 cm³/mol. The predicted octanol–water partition coefficient (Wildman–Crippen LogP) is 1.84. The molecule has 21 heavy (non-hydrogen) atoms. The zero-order chi connectivity index (χ0) is 15.0. The molecule has 1 aliphatic rings. The zero-order valence-corrected chi connectivity index (χ0v) is 11.6. The molecule has 0 aliphatic carbocycles. The van der Waals surface area contributed by atoms with Crippen LogP contribution in [0, 0.1) is 12.7 Å². The second kappa shape index (κ2) is 5.20. The number of benzene rings is 1. The molecule has 0 bridgehead atoms. The molecule has 0 spiro atoms. The maximum atomic E-state index is 13.3. The average Bonchev–Trinajstić information content (AvgIpc) is 2.64. The smallest absolute Gasteiger partial charge is 0.289 e. The molecule has 1 aromatic carbocycles. The Balaban J connectivity index is 1.94. The molecule has 1 saturated heterocycles. The lowest BCUT2D eigenvalue weighted by Crippen LogP contribution is -2.34. The van der Waals surface area contributed by atoms with Gasteiger partial charge in [0.1, 0.15) is 11.4 Å². The van der Waals surface area contributed by atoms with Crippen LogP contribution in [0.5, 0.6) is 0 Å². The lowest BCUT2D eigenvalue weighted by Gasteiger charge is -2.18. The summed E-state index contributed by atoms with van der Waals surface area (Å²) in [6, 6.07) is 4.18. The summed E-state index contributed by atoms with van der Waals surface area (Å²) in [7, 11) is 0. The molecule has 3 rings (SSSR count). The summed E-state index contributed by atoms with van der Waals surface area (Å²) in [5, 5.41) is 3.32. The van der Waals surface area contributed by atoms with Gasteiger partial charge in [-0.2, -0.15) is 0 Å². The van der Waals surface area contributed by atoms with Crippen LogP contribution in [0.4, 0.5) is 4.39 Å². The SMILES string of the molecule is Cc1c(C(=O)N2CCNC(=O)CC2)oc2ccc(F)cc12. The first-order valence-electron chi connectivity index (χ1n) is 6.81. The van der Waals surface area contributed by atoms with Crippen molar-refractivity contribution in [2.45, 2.75) is 13.3 Å². The number of hydrogen-bond acceptors (Lipinski definition) is 3. The maximum absolute atomic E-state index is 13.3. The van der Waals surface area contributed by atoms with E-state index in [1.165, 1.54) is 18.2 Å². The van der Waals surface area contributed by atoms with Crippen molar-refractivity contribution in [2.75, 3.05) is 19.6 Å². The molecule has 1 fully saturated rings. The molecule has 0 radical (unpaired) electrons. The van der Waals surface area contributed by atoms with E-state index >= 15 is 0 Å². The van der Waals surface area contributed by atoms with Crippen molar-refractivity contribution >= 4 is 22.8 Å². The van der Waals surface area contributed by atoms with Gasteiger partial charge in [0.15, 0.2) is 5.76 Å². The number of nitrogens with one attached hydrogen (secondary N) is 1. The van der Waals surface area contributed by atoms with E-state index in [9.17, 15) is 14.0 Å². The number of nitrogens with zero attached hydrogens (tertiary/aromatic N) is 1. The monoisotopic (exact) mass is 290 g/mol. The highest BCUT2D eigenvalue weighted by Gasteiger charge is 2.25. The summed E-state index contributed by atoms with van der Waals surface area (Å²) < 4.78 is 18.9. The molecule has 2 amide bonds. The molecule has 6 heteroatoms. The lowest BCUT2D eigenvalue weighted by atomic mass is 10.1. The molecule has 0 atom stereocenters. The largest absolute Gasteiger partial charge is 0.451 e. The number of aryl methyl sites for hydroxylation is 1. The van der Waals surface area contributed by atoms with Gasteiger partial charge in [0.2, 0.25) is 5.91 Å². The highest BCUT2D eigenvalue weighted by atomic mass is 19.1. The Morgan fingerprint density at radius 1 is 1.38 bits per heavy atom. The van der Waals surface area contributed by atoms with Crippen LogP contribution in [0.2, 0.25) is 0 Å². The average molecular weight is 290 g/mol. The van der Waals surface area contributed by atoms with Gasteiger partial charge in [-0.3, -0.25) is 9.59 Å². The topological polar surface area (TPSA) is 62.6 Å². The first-order chi connectivity index (χ1) is 10.1. The van der Waals surface area contributed by atoms with Crippen LogP contribution in [0.3, 0.4) is 0 Å². The molecule has 1 aromatic heterocycles. The summed E-state index contributed by atoms with van der Waals surface area (Å²) in [5.41, 5.74) is 1.11. The quantitative estimate of drug-likeness (QED) is 0.871. The van der Waals surface area contributed by atoms with Gasteiger partial charge in [0, 0.05) is 37.0 Å². The van der Waals surface area contributed by atoms with Crippen LogP contribution in [-0.2, 0) is 4.79 Å². The van der Waals surface area contributed by atoms with Crippen LogP contribution < -0.4 is 5.32 Å². The Morgan fingerprint density at radius 2 is 2.19 bits per heavy atom. The minimum absolute atomic E-state index is 0.0614. The van der Waals surface area contributed by atoms with Gasteiger partial charge in [0.25, 0.3) is 5.91 Å². The molecule has 1 N–H and O–H groups in total. The molecule has 110 valence electrons. The fourth-order valence-corrected chi connectivity index (χ4v) is 2.51. The summed E-state index contributed by atoms with van der Waals surface area (Å²) in [5.74, 6) is -0.478. The van der Waals surface area contributed by atoms with Crippen molar-refractivity contribution in [3.63, 3.8) is 0 Å². The first-order valence-corrected chi connectivity index (χ1v) is 6.81. The van der Waals surface area contributed by atoms with E-state index in [-0.39, 0.29) is 29.8 Å². The summed E-state index contributed by atoms with van der Waals surface area (Å²) in [6.45, 7) is 2.96.